The molecule has 0 aliphatic carbocycles. The van der Waals surface area contributed by atoms with Gasteiger partial charge in [0.2, 0.25) is 0 Å². The van der Waals surface area contributed by atoms with E-state index in [1.807, 2.05) is 71.3 Å². The molecule has 1 atom stereocenters. The van der Waals surface area contributed by atoms with Gasteiger partial charge >= 0.3 is 0 Å². The molecule has 6 aromatic rings. The van der Waals surface area contributed by atoms with Crippen LogP contribution in [0.25, 0.3) is 38.9 Å². The smallest absolute Gasteiger partial charge is 0.181 e. The van der Waals surface area contributed by atoms with Gasteiger partial charge in [-0.3, -0.25) is 9.36 Å². The average molecular weight is 534 g/mol. The van der Waals surface area contributed by atoms with Crippen LogP contribution in [0.4, 0.5) is 0 Å². The second-order valence-electron chi connectivity index (χ2n) is 10.8. The van der Waals surface area contributed by atoms with E-state index in [0.29, 0.717) is 6.54 Å². The number of aliphatic hydroxyl groups is 1. The van der Waals surface area contributed by atoms with Gasteiger partial charge in [-0.15, -0.1) is 0 Å². The first kappa shape index (κ1) is 26.0. The molecule has 0 amide bonds. The number of rotatable bonds is 8. The third kappa shape index (κ3) is 4.58. The predicted octanol–water partition coefficient (Wildman–Crippen LogP) is 6.29. The Morgan fingerprint density at radius 2 is 1.75 bits per heavy atom. The first-order valence-electron chi connectivity index (χ1n) is 14.0. The molecule has 0 aliphatic heterocycles. The quantitative estimate of drug-likeness (QED) is 0.249. The zero-order chi connectivity index (χ0) is 28.0. The van der Waals surface area contributed by atoms with Crippen molar-refractivity contribution in [3.63, 3.8) is 0 Å². The molecule has 0 unspecified atom stereocenters. The van der Waals surface area contributed by atoms with Gasteiger partial charge < -0.3 is 5.11 Å². The monoisotopic (exact) mass is 533 g/mol. The number of aromatic nitrogens is 7. The number of aliphatic hydroxyl groups excluding tert-OH is 1. The van der Waals surface area contributed by atoms with Crippen LogP contribution >= 0.6 is 0 Å². The highest BCUT2D eigenvalue weighted by molar-refractivity contribution is 5.94. The van der Waals surface area contributed by atoms with Crippen molar-refractivity contribution in [3.05, 3.63) is 89.5 Å². The van der Waals surface area contributed by atoms with Gasteiger partial charge in [-0.05, 0) is 37.0 Å². The topological polar surface area (TPSA) is 86.6 Å². The second-order valence-corrected chi connectivity index (χ2v) is 10.8. The lowest BCUT2D eigenvalue weighted by Gasteiger charge is -2.11. The molecule has 0 aliphatic rings. The Kier molecular flexibility index (Phi) is 6.72. The number of pyridine rings is 1. The number of nitrogens with zero attached hydrogens (tertiary/aromatic N) is 7. The van der Waals surface area contributed by atoms with Crippen LogP contribution in [0, 0.1) is 6.92 Å². The molecule has 0 spiro atoms. The molecular formula is C32H35N7O. The van der Waals surface area contributed by atoms with Crippen LogP contribution in [-0.4, -0.2) is 39.4 Å². The molecule has 8 nitrogen and oxygen atoms in total. The SMILES string of the molecule is CCCc1nc2nn(C)cc2cc1-n1nc(-c2cccc3nn(C[C@H](O)c4ccccc4)cc23)c(C(C)C)c1C. The van der Waals surface area contributed by atoms with Crippen LogP contribution in [0.2, 0.25) is 0 Å². The fraction of sp³-hybridized carbons (Fsp3) is 0.312. The van der Waals surface area contributed by atoms with E-state index in [-0.39, 0.29) is 5.92 Å². The van der Waals surface area contributed by atoms with Crippen LogP contribution < -0.4 is 0 Å². The third-order valence-electron chi connectivity index (χ3n) is 7.52. The summed E-state index contributed by atoms with van der Waals surface area (Å²) in [6.45, 7) is 9.12. The zero-order valence-electron chi connectivity index (χ0n) is 23.7. The summed E-state index contributed by atoms with van der Waals surface area (Å²) < 4.78 is 5.72. The lowest BCUT2D eigenvalue weighted by Crippen LogP contribution is -2.08. The third-order valence-corrected chi connectivity index (χ3v) is 7.52. The molecule has 1 N–H and O–H groups in total. The highest BCUT2D eigenvalue weighted by Crippen LogP contribution is 2.37. The Labute approximate surface area is 233 Å². The van der Waals surface area contributed by atoms with Gasteiger partial charge in [0.1, 0.15) is 0 Å². The zero-order valence-corrected chi connectivity index (χ0v) is 23.7. The molecule has 6 rings (SSSR count). The number of hydrogen-bond acceptors (Lipinski definition) is 5. The molecule has 4 aromatic heterocycles. The lowest BCUT2D eigenvalue weighted by molar-refractivity contribution is 0.152. The Morgan fingerprint density at radius 3 is 2.50 bits per heavy atom. The van der Waals surface area contributed by atoms with Gasteiger partial charge in [0.15, 0.2) is 5.65 Å². The second kappa shape index (κ2) is 10.4. The van der Waals surface area contributed by atoms with E-state index < -0.39 is 6.10 Å². The van der Waals surface area contributed by atoms with Crippen LogP contribution in [0.15, 0.2) is 67.0 Å². The Balaban J connectivity index is 1.48. The van der Waals surface area contributed by atoms with Crippen LogP contribution in [-0.2, 0) is 20.0 Å². The summed E-state index contributed by atoms with van der Waals surface area (Å²) in [6.07, 6.45) is 5.22. The van der Waals surface area contributed by atoms with Crippen LogP contribution in [0.3, 0.4) is 0 Å². The summed E-state index contributed by atoms with van der Waals surface area (Å²) in [6, 6.07) is 18.0. The molecule has 0 saturated heterocycles. The Morgan fingerprint density at radius 1 is 0.950 bits per heavy atom. The maximum atomic E-state index is 10.8. The van der Waals surface area contributed by atoms with Gasteiger partial charge in [0, 0.05) is 47.0 Å². The van der Waals surface area contributed by atoms with Crippen molar-refractivity contribution in [1.82, 2.24) is 34.3 Å². The van der Waals surface area contributed by atoms with E-state index in [0.717, 1.165) is 68.7 Å². The van der Waals surface area contributed by atoms with E-state index in [9.17, 15) is 5.11 Å². The summed E-state index contributed by atoms with van der Waals surface area (Å²) in [7, 11) is 1.93. The minimum absolute atomic E-state index is 0.263. The highest BCUT2D eigenvalue weighted by atomic mass is 16.3. The fourth-order valence-electron chi connectivity index (χ4n) is 5.69. The summed E-state index contributed by atoms with van der Waals surface area (Å²) in [5.41, 5.74) is 8.83. The standard InChI is InChI=1S/C32H35N7O/c1-6-11-27-28(16-23-17-37(5)36-32(23)33-27)39-21(4)30(20(2)3)31(35-39)24-14-10-15-26-25(24)18-38(34-26)19-29(40)22-12-8-7-9-13-22/h7-10,12-18,20,29,40H,6,11,19H2,1-5H3/t29-/m0/s1. The van der Waals surface area contributed by atoms with Crippen LogP contribution in [0.1, 0.15) is 61.7 Å². The Bertz CT molecular complexity index is 1810. The molecule has 8 heteroatoms. The molecule has 0 bridgehead atoms. The largest absolute Gasteiger partial charge is 0.386 e. The van der Waals surface area contributed by atoms with Crippen molar-refractivity contribution in [2.75, 3.05) is 0 Å². The van der Waals surface area contributed by atoms with E-state index in [1.165, 1.54) is 5.56 Å². The van der Waals surface area contributed by atoms with Gasteiger partial charge in [0.05, 0.1) is 35.2 Å². The predicted molar refractivity (Wildman–Crippen MR) is 159 cm³/mol. The maximum absolute atomic E-state index is 10.8. The minimum atomic E-state index is -0.640. The van der Waals surface area contributed by atoms with Gasteiger partial charge in [0.25, 0.3) is 0 Å². The van der Waals surface area contributed by atoms with E-state index in [1.54, 1.807) is 0 Å². The van der Waals surface area contributed by atoms with Crippen molar-refractivity contribution in [2.45, 2.75) is 59.1 Å². The molecule has 0 radical (unpaired) electrons. The number of hydrogen-bond donors (Lipinski definition) is 1. The van der Waals surface area contributed by atoms with Crippen molar-refractivity contribution >= 4 is 21.9 Å². The van der Waals surface area contributed by atoms with Crippen molar-refractivity contribution in [1.29, 1.82) is 0 Å². The summed E-state index contributed by atoms with van der Waals surface area (Å²) in [5, 5.41) is 27.4. The van der Waals surface area contributed by atoms with E-state index in [2.05, 4.69) is 49.6 Å². The van der Waals surface area contributed by atoms with Crippen molar-refractivity contribution in [2.24, 2.45) is 7.05 Å². The number of aryl methyl sites for hydroxylation is 2. The molecule has 4 heterocycles. The molecular weight excluding hydrogens is 498 g/mol. The average Bonchev–Trinajstić information content (AvgIpc) is 3.62. The van der Waals surface area contributed by atoms with Gasteiger partial charge in [-0.25, -0.2) is 9.67 Å². The highest BCUT2D eigenvalue weighted by Gasteiger charge is 2.24. The first-order valence-corrected chi connectivity index (χ1v) is 14.0. The van der Waals surface area contributed by atoms with Gasteiger partial charge in [-0.1, -0.05) is 69.7 Å². The van der Waals surface area contributed by atoms with Crippen LogP contribution in [0.5, 0.6) is 0 Å². The first-order chi connectivity index (χ1) is 19.3. The van der Waals surface area contributed by atoms with E-state index >= 15 is 0 Å². The van der Waals surface area contributed by atoms with Crippen molar-refractivity contribution < 1.29 is 5.11 Å². The van der Waals surface area contributed by atoms with E-state index in [4.69, 9.17) is 15.2 Å². The molecule has 40 heavy (non-hydrogen) atoms. The lowest BCUT2D eigenvalue weighted by atomic mass is 9.95. The molecule has 204 valence electrons. The molecule has 0 saturated carbocycles. The molecule has 2 aromatic carbocycles. The normalized spacial score (nSPS) is 12.7. The minimum Gasteiger partial charge on any atom is -0.386 e. The maximum Gasteiger partial charge on any atom is 0.181 e. The summed E-state index contributed by atoms with van der Waals surface area (Å²) in [4.78, 5) is 4.94. The molecule has 0 fully saturated rings. The summed E-state index contributed by atoms with van der Waals surface area (Å²) in [5.74, 6) is 0.263. The van der Waals surface area contributed by atoms with Crippen molar-refractivity contribution in [3.8, 4) is 16.9 Å². The summed E-state index contributed by atoms with van der Waals surface area (Å²) >= 11 is 0. The Hall–Kier alpha value is -4.30. The van der Waals surface area contributed by atoms with Gasteiger partial charge in [-0.2, -0.15) is 15.3 Å². The number of fused-ring (bicyclic) bond motifs is 2. The number of benzene rings is 2. The fourth-order valence-corrected chi connectivity index (χ4v) is 5.69.